The molecule has 0 atom stereocenters. The van der Waals surface area contributed by atoms with Crippen molar-refractivity contribution in [3.05, 3.63) is 23.8 Å². The Kier molecular flexibility index (Phi) is 2.48. The second kappa shape index (κ2) is 3.94. The summed E-state index contributed by atoms with van der Waals surface area (Å²) in [6.07, 6.45) is 1.42. The molecule has 0 saturated heterocycles. The first-order valence-electron chi connectivity index (χ1n) is 4.44. The summed E-state index contributed by atoms with van der Waals surface area (Å²) in [5.74, 6) is 0.292. The molecule has 0 spiro atoms. The Hall–Kier alpha value is -2.13. The highest BCUT2D eigenvalue weighted by Crippen LogP contribution is 2.25. The third-order valence-electron chi connectivity index (χ3n) is 2.03. The number of nitrogens with zero attached hydrogens (tertiary/aromatic N) is 1. The molecule has 76 valence electrons. The van der Waals surface area contributed by atoms with Crippen LogP contribution in [-0.2, 0) is 4.79 Å². The van der Waals surface area contributed by atoms with Crippen molar-refractivity contribution in [1.82, 2.24) is 5.32 Å². The number of carbonyl (C=O) groups is 1. The van der Waals surface area contributed by atoms with Gasteiger partial charge in [-0.3, -0.25) is 4.79 Å². The van der Waals surface area contributed by atoms with Crippen LogP contribution in [0.15, 0.2) is 23.2 Å². The van der Waals surface area contributed by atoms with Crippen LogP contribution in [0.3, 0.4) is 0 Å². The van der Waals surface area contributed by atoms with Crippen molar-refractivity contribution in [1.29, 1.82) is 0 Å². The quantitative estimate of drug-likeness (QED) is 0.542. The number of fused-ring (bicyclic) bond motifs is 1. The van der Waals surface area contributed by atoms with E-state index in [0.29, 0.717) is 30.2 Å². The number of hydrogen-bond donors (Lipinski definition) is 1. The van der Waals surface area contributed by atoms with E-state index in [1.165, 1.54) is 12.1 Å². The topological polar surface area (TPSA) is 67.8 Å². The maximum Gasteiger partial charge on any atom is 0.255 e. The molecule has 1 aliphatic heterocycles. The smallest absolute Gasteiger partial charge is 0.255 e. The average Bonchev–Trinajstić information content (AvgIpc) is 2.42. The van der Waals surface area contributed by atoms with Crippen LogP contribution in [0.5, 0.6) is 5.75 Å². The molecule has 2 rings (SSSR count). The molecule has 0 aromatic heterocycles. The van der Waals surface area contributed by atoms with Gasteiger partial charge in [0.05, 0.1) is 17.8 Å². The van der Waals surface area contributed by atoms with Gasteiger partial charge in [0.2, 0.25) is 6.08 Å². The van der Waals surface area contributed by atoms with Crippen molar-refractivity contribution in [3.63, 3.8) is 0 Å². The average molecular weight is 204 g/mol. The number of aliphatic imine (C=N–C) groups is 1. The summed E-state index contributed by atoms with van der Waals surface area (Å²) in [5, 5.41) is 2.67. The lowest BCUT2D eigenvalue weighted by molar-refractivity contribution is 0.0957. The molecule has 0 radical (unpaired) electrons. The maximum atomic E-state index is 11.5. The van der Waals surface area contributed by atoms with Gasteiger partial charge in [0, 0.05) is 0 Å². The predicted octanol–water partition coefficient (Wildman–Crippen LogP) is 0.776. The minimum atomic E-state index is -0.217. The number of carbonyl (C=O) groups excluding carboxylic acids is 2. The van der Waals surface area contributed by atoms with E-state index in [2.05, 4.69) is 10.3 Å². The van der Waals surface area contributed by atoms with Gasteiger partial charge in [-0.25, -0.2) is 4.79 Å². The first kappa shape index (κ1) is 9.43. The van der Waals surface area contributed by atoms with E-state index in [1.807, 2.05) is 0 Å². The van der Waals surface area contributed by atoms with Gasteiger partial charge in [0.1, 0.15) is 12.4 Å². The van der Waals surface area contributed by atoms with Crippen LogP contribution in [-0.4, -0.2) is 25.1 Å². The number of amides is 1. The van der Waals surface area contributed by atoms with E-state index in [0.717, 1.165) is 0 Å². The first-order chi connectivity index (χ1) is 7.31. The largest absolute Gasteiger partial charge is 0.491 e. The Morgan fingerprint density at radius 3 is 3.13 bits per heavy atom. The van der Waals surface area contributed by atoms with E-state index < -0.39 is 0 Å². The van der Waals surface area contributed by atoms with Gasteiger partial charge in [-0.15, -0.1) is 0 Å². The molecule has 0 saturated carbocycles. The fourth-order valence-electron chi connectivity index (χ4n) is 1.36. The standard InChI is InChI=1S/C10H8N2O3/c13-6-12-7-1-2-9-8(5-7)10(14)11-3-4-15-9/h1-2,5H,3-4H2,(H,11,14). The van der Waals surface area contributed by atoms with Crippen LogP contribution < -0.4 is 10.1 Å². The highest BCUT2D eigenvalue weighted by atomic mass is 16.5. The van der Waals surface area contributed by atoms with Crippen molar-refractivity contribution in [2.24, 2.45) is 4.99 Å². The molecule has 0 bridgehead atoms. The van der Waals surface area contributed by atoms with Crippen molar-refractivity contribution in [3.8, 4) is 5.75 Å². The first-order valence-corrected chi connectivity index (χ1v) is 4.44. The van der Waals surface area contributed by atoms with E-state index in [9.17, 15) is 9.59 Å². The van der Waals surface area contributed by atoms with E-state index in [-0.39, 0.29) is 5.91 Å². The Bertz CT molecular complexity index is 450. The van der Waals surface area contributed by atoms with Gasteiger partial charge in [-0.05, 0) is 18.2 Å². The highest BCUT2D eigenvalue weighted by molar-refractivity contribution is 5.98. The minimum absolute atomic E-state index is 0.217. The lowest BCUT2D eigenvalue weighted by atomic mass is 10.1. The second-order valence-corrected chi connectivity index (χ2v) is 2.99. The molecule has 0 fully saturated rings. The molecule has 0 aliphatic carbocycles. The number of rotatable bonds is 1. The van der Waals surface area contributed by atoms with Gasteiger partial charge in [0.25, 0.3) is 5.91 Å². The number of ether oxygens (including phenoxy) is 1. The molecule has 1 aliphatic rings. The summed E-state index contributed by atoms with van der Waals surface area (Å²) in [4.78, 5) is 25.0. The van der Waals surface area contributed by atoms with Crippen molar-refractivity contribution < 1.29 is 14.3 Å². The van der Waals surface area contributed by atoms with Gasteiger partial charge in [-0.1, -0.05) is 0 Å². The van der Waals surface area contributed by atoms with E-state index >= 15 is 0 Å². The third-order valence-corrected chi connectivity index (χ3v) is 2.03. The molecule has 15 heavy (non-hydrogen) atoms. The maximum absolute atomic E-state index is 11.5. The molecule has 1 aromatic carbocycles. The van der Waals surface area contributed by atoms with Crippen LogP contribution in [0.2, 0.25) is 0 Å². The Labute approximate surface area is 85.8 Å². The Balaban J connectivity index is 2.48. The fraction of sp³-hybridized carbons (Fsp3) is 0.200. The number of benzene rings is 1. The molecule has 5 heteroatoms. The zero-order valence-electron chi connectivity index (χ0n) is 7.82. The van der Waals surface area contributed by atoms with Crippen LogP contribution in [0, 0.1) is 0 Å². The molecule has 0 unspecified atom stereocenters. The van der Waals surface area contributed by atoms with Gasteiger partial charge in [0.15, 0.2) is 0 Å². The summed E-state index contributed by atoms with van der Waals surface area (Å²) < 4.78 is 5.33. The molecule has 1 heterocycles. The third kappa shape index (κ3) is 1.87. The summed E-state index contributed by atoms with van der Waals surface area (Å²) in [6, 6.07) is 4.72. The normalized spacial score (nSPS) is 14.0. The van der Waals surface area contributed by atoms with Crippen LogP contribution in [0.1, 0.15) is 10.4 Å². The predicted molar refractivity (Wildman–Crippen MR) is 52.1 cm³/mol. The number of isocyanates is 1. The summed E-state index contributed by atoms with van der Waals surface area (Å²) in [5.41, 5.74) is 0.786. The molecular weight excluding hydrogens is 196 g/mol. The second-order valence-electron chi connectivity index (χ2n) is 2.99. The monoisotopic (exact) mass is 204 g/mol. The summed E-state index contributed by atoms with van der Waals surface area (Å²) >= 11 is 0. The van der Waals surface area contributed by atoms with Gasteiger partial charge in [-0.2, -0.15) is 4.99 Å². The van der Waals surface area contributed by atoms with E-state index in [4.69, 9.17) is 4.74 Å². The molecule has 1 amide bonds. The lowest BCUT2D eigenvalue weighted by Gasteiger charge is -2.04. The Morgan fingerprint density at radius 1 is 1.47 bits per heavy atom. The zero-order chi connectivity index (χ0) is 10.7. The number of hydrogen-bond acceptors (Lipinski definition) is 4. The lowest BCUT2D eigenvalue weighted by Crippen LogP contribution is -2.24. The highest BCUT2D eigenvalue weighted by Gasteiger charge is 2.16. The summed E-state index contributed by atoms with van der Waals surface area (Å²) in [7, 11) is 0. The van der Waals surface area contributed by atoms with Crippen molar-refractivity contribution in [2.75, 3.05) is 13.2 Å². The molecule has 5 nitrogen and oxygen atoms in total. The van der Waals surface area contributed by atoms with Gasteiger partial charge >= 0.3 is 0 Å². The van der Waals surface area contributed by atoms with E-state index in [1.54, 1.807) is 12.1 Å². The molecule has 1 N–H and O–H groups in total. The van der Waals surface area contributed by atoms with Crippen molar-refractivity contribution in [2.45, 2.75) is 0 Å². The fourth-order valence-corrected chi connectivity index (χ4v) is 1.36. The van der Waals surface area contributed by atoms with Crippen molar-refractivity contribution >= 4 is 17.7 Å². The van der Waals surface area contributed by atoms with Crippen LogP contribution >= 0.6 is 0 Å². The molecular formula is C10H8N2O3. The van der Waals surface area contributed by atoms with Crippen LogP contribution in [0.4, 0.5) is 5.69 Å². The molecule has 1 aromatic rings. The van der Waals surface area contributed by atoms with Gasteiger partial charge < -0.3 is 10.1 Å². The zero-order valence-corrected chi connectivity index (χ0v) is 7.82. The SMILES string of the molecule is O=C=Nc1ccc2c(c1)C(=O)NCCO2. The van der Waals surface area contributed by atoms with Crippen LogP contribution in [0.25, 0.3) is 0 Å². The number of nitrogens with one attached hydrogen (secondary N) is 1. The Morgan fingerprint density at radius 2 is 2.33 bits per heavy atom. The minimum Gasteiger partial charge on any atom is -0.491 e. The summed E-state index contributed by atoms with van der Waals surface area (Å²) in [6.45, 7) is 0.912.